The van der Waals surface area contributed by atoms with Crippen molar-refractivity contribution in [3.05, 3.63) is 35.3 Å². The molecule has 0 saturated carbocycles. The number of nitrogens with one attached hydrogen (secondary N) is 3. The second-order valence-corrected chi connectivity index (χ2v) is 9.48. The summed E-state index contributed by atoms with van der Waals surface area (Å²) < 4.78 is 25.3. The van der Waals surface area contributed by atoms with E-state index in [0.717, 1.165) is 5.56 Å². The molecular formula is C24H28FN7O6. The first-order chi connectivity index (χ1) is 18.3. The van der Waals surface area contributed by atoms with Gasteiger partial charge >= 0.3 is 6.09 Å². The first-order valence-electron chi connectivity index (χ1n) is 12.3. The van der Waals surface area contributed by atoms with Gasteiger partial charge in [0.1, 0.15) is 18.0 Å². The fraction of sp³-hybridized carbons (Fsp3) is 0.458. The summed E-state index contributed by atoms with van der Waals surface area (Å²) in [5.41, 5.74) is 7.29. The van der Waals surface area contributed by atoms with Crippen LogP contribution >= 0.6 is 0 Å². The van der Waals surface area contributed by atoms with Crippen LogP contribution in [0.3, 0.4) is 0 Å². The van der Waals surface area contributed by atoms with E-state index in [0.29, 0.717) is 43.6 Å². The van der Waals surface area contributed by atoms with Gasteiger partial charge in [0.2, 0.25) is 5.91 Å². The molecule has 1 aliphatic carbocycles. The molecule has 38 heavy (non-hydrogen) atoms. The molecule has 3 atom stereocenters. The number of carbonyl (C=O) groups is 3. The number of aliphatic hydroxyl groups excluding tert-OH is 1. The van der Waals surface area contributed by atoms with Crippen molar-refractivity contribution in [2.45, 2.75) is 31.4 Å². The molecular weight excluding hydrogens is 501 g/mol. The Kier molecular flexibility index (Phi) is 7.35. The summed E-state index contributed by atoms with van der Waals surface area (Å²) in [4.78, 5) is 45.5. The van der Waals surface area contributed by atoms with Crippen molar-refractivity contribution in [1.29, 1.82) is 0 Å². The fourth-order valence-corrected chi connectivity index (χ4v) is 4.73. The Morgan fingerprint density at radius 3 is 3.00 bits per heavy atom. The molecule has 2 unspecified atom stereocenters. The lowest BCUT2D eigenvalue weighted by Gasteiger charge is -2.18. The number of rotatable bonds is 9. The Bertz CT molecular complexity index is 1260. The zero-order valence-electron chi connectivity index (χ0n) is 20.4. The Morgan fingerprint density at radius 1 is 1.34 bits per heavy atom. The lowest BCUT2D eigenvalue weighted by Crippen LogP contribution is -2.38. The topological polar surface area (TPSA) is 181 Å². The molecule has 5 rings (SSSR count). The normalized spacial score (nSPS) is 20.8. The van der Waals surface area contributed by atoms with E-state index in [2.05, 4.69) is 25.9 Å². The van der Waals surface area contributed by atoms with Gasteiger partial charge in [0.25, 0.3) is 11.8 Å². The second-order valence-electron chi connectivity index (χ2n) is 9.48. The Hall–Kier alpha value is -3.88. The molecule has 13 nitrogen and oxygen atoms in total. The van der Waals surface area contributed by atoms with Crippen LogP contribution in [0.4, 0.5) is 26.5 Å². The van der Waals surface area contributed by atoms with Gasteiger partial charge in [0, 0.05) is 5.69 Å². The molecule has 0 radical (unpaired) electrons. The maximum absolute atomic E-state index is 14.6. The highest BCUT2D eigenvalue weighted by Gasteiger charge is 2.34. The number of aromatic nitrogens is 2. The van der Waals surface area contributed by atoms with Crippen LogP contribution in [0.25, 0.3) is 0 Å². The first kappa shape index (κ1) is 25.8. The minimum absolute atomic E-state index is 0.135. The molecule has 2 aromatic rings. The summed E-state index contributed by atoms with van der Waals surface area (Å²) in [6, 6.07) is 1.94. The van der Waals surface area contributed by atoms with E-state index < -0.39 is 24.6 Å². The van der Waals surface area contributed by atoms with Crippen molar-refractivity contribution in [3.63, 3.8) is 0 Å². The summed E-state index contributed by atoms with van der Waals surface area (Å²) in [7, 11) is 0. The third kappa shape index (κ3) is 5.51. The number of carbonyl (C=O) groups excluding carboxylic acids is 3. The number of ether oxygens (including phenoxy) is 2. The summed E-state index contributed by atoms with van der Waals surface area (Å²) >= 11 is 0. The van der Waals surface area contributed by atoms with E-state index in [1.165, 1.54) is 17.2 Å². The van der Waals surface area contributed by atoms with Gasteiger partial charge in [-0.25, -0.2) is 19.2 Å². The molecule has 14 heteroatoms. The van der Waals surface area contributed by atoms with E-state index in [4.69, 9.17) is 20.3 Å². The van der Waals surface area contributed by atoms with Crippen LogP contribution in [-0.4, -0.2) is 78.0 Å². The smallest absolute Gasteiger partial charge is 0.415 e. The molecule has 3 heterocycles. The number of hydrogen-bond donors (Lipinski definition) is 5. The van der Waals surface area contributed by atoms with Crippen molar-refractivity contribution in [2.24, 2.45) is 11.7 Å². The third-order valence-electron chi connectivity index (χ3n) is 6.64. The number of amides is 3. The molecule has 6 N–H and O–H groups in total. The van der Waals surface area contributed by atoms with Crippen LogP contribution < -0.4 is 31.3 Å². The fourth-order valence-electron chi connectivity index (χ4n) is 4.73. The number of hydrogen-bond acceptors (Lipinski definition) is 10. The average Bonchev–Trinajstić information content (AvgIpc) is 3.48. The number of benzene rings is 1. The number of halogens is 1. The zero-order valence-corrected chi connectivity index (χ0v) is 20.4. The van der Waals surface area contributed by atoms with E-state index in [9.17, 15) is 18.8 Å². The number of cyclic esters (lactones) is 1. The minimum Gasteiger partial charge on any atom is -0.465 e. The van der Waals surface area contributed by atoms with Crippen LogP contribution in [0.15, 0.2) is 18.3 Å². The Labute approximate surface area is 216 Å². The summed E-state index contributed by atoms with van der Waals surface area (Å²) in [6.07, 6.45) is 2.29. The van der Waals surface area contributed by atoms with Gasteiger partial charge in [-0.1, -0.05) is 0 Å². The predicted molar refractivity (Wildman–Crippen MR) is 132 cm³/mol. The number of nitrogens with zero attached hydrogens (tertiary/aromatic N) is 3. The van der Waals surface area contributed by atoms with Crippen LogP contribution in [0.1, 0.15) is 17.5 Å². The SMILES string of the molecule is N[C@H](CO)C(=O)Nc1cc(F)c2c(c1)CC(CNCCC1CN(c3cnc4c(n3)NC(=O)CO4)C(=O)O1)C2. The third-order valence-corrected chi connectivity index (χ3v) is 6.64. The average molecular weight is 530 g/mol. The van der Waals surface area contributed by atoms with Crippen LogP contribution in [-0.2, 0) is 27.2 Å². The highest BCUT2D eigenvalue weighted by molar-refractivity contribution is 5.95. The second kappa shape index (κ2) is 10.8. The van der Waals surface area contributed by atoms with Gasteiger partial charge in [-0.2, -0.15) is 0 Å². The van der Waals surface area contributed by atoms with E-state index >= 15 is 0 Å². The van der Waals surface area contributed by atoms with Gasteiger partial charge in [-0.15, -0.1) is 0 Å². The van der Waals surface area contributed by atoms with Gasteiger partial charge < -0.3 is 36.3 Å². The van der Waals surface area contributed by atoms with Gasteiger partial charge in [-0.3, -0.25) is 14.5 Å². The highest BCUT2D eigenvalue weighted by atomic mass is 19.1. The van der Waals surface area contributed by atoms with Crippen molar-refractivity contribution >= 4 is 35.2 Å². The quantitative estimate of drug-likeness (QED) is 0.276. The van der Waals surface area contributed by atoms with Crippen molar-refractivity contribution in [2.75, 3.05) is 48.4 Å². The largest absolute Gasteiger partial charge is 0.465 e. The maximum atomic E-state index is 14.6. The van der Waals surface area contributed by atoms with E-state index in [1.807, 2.05) is 0 Å². The molecule has 1 aromatic carbocycles. The molecule has 0 spiro atoms. The van der Waals surface area contributed by atoms with Crippen LogP contribution in [0, 0.1) is 11.7 Å². The van der Waals surface area contributed by atoms with Gasteiger partial charge in [-0.05, 0) is 61.5 Å². The van der Waals surface area contributed by atoms with Crippen LogP contribution in [0.5, 0.6) is 5.88 Å². The number of anilines is 3. The standard InChI is InChI=1S/C24H28FN7O6/c25-17-6-14(29-22(35)18(26)10-33)5-13-3-12(4-16(13)17)7-27-2-1-15-9-32(24(36)38-15)19-8-28-23-21(30-19)31-20(34)11-37-23/h5-6,8,12,15,18,27,33H,1-4,7,9-11,26H2,(H,29,35)(H,30,31,34)/t12?,15?,18-/m1/s1. The summed E-state index contributed by atoms with van der Waals surface area (Å²) in [6.45, 7) is 0.885. The predicted octanol–water partition coefficient (Wildman–Crippen LogP) is -0.0754. The molecule has 1 fully saturated rings. The molecule has 1 saturated heterocycles. The molecule has 3 amide bonds. The van der Waals surface area contributed by atoms with Gasteiger partial charge in [0.15, 0.2) is 18.2 Å². The number of nitrogens with two attached hydrogens (primary N) is 1. The lowest BCUT2D eigenvalue weighted by atomic mass is 10.1. The molecule has 0 bridgehead atoms. The first-order valence-corrected chi connectivity index (χ1v) is 12.3. The maximum Gasteiger partial charge on any atom is 0.415 e. The number of aliphatic hydroxyl groups is 1. The number of fused-ring (bicyclic) bond motifs is 2. The van der Waals surface area contributed by atoms with Gasteiger partial charge in [0.05, 0.1) is 19.3 Å². The minimum atomic E-state index is -1.07. The lowest BCUT2D eigenvalue weighted by molar-refractivity contribution is -0.119. The van der Waals surface area contributed by atoms with Crippen LogP contribution in [0.2, 0.25) is 0 Å². The van der Waals surface area contributed by atoms with Crippen molar-refractivity contribution in [3.8, 4) is 5.88 Å². The summed E-state index contributed by atoms with van der Waals surface area (Å²) in [5, 5.41) is 17.5. The monoisotopic (exact) mass is 529 g/mol. The summed E-state index contributed by atoms with van der Waals surface area (Å²) in [5.74, 6) is -0.511. The Balaban J connectivity index is 1.08. The zero-order chi connectivity index (χ0) is 26.8. The van der Waals surface area contributed by atoms with E-state index in [1.54, 1.807) is 6.07 Å². The molecule has 3 aliphatic rings. The van der Waals surface area contributed by atoms with Crippen molar-refractivity contribution in [1.82, 2.24) is 15.3 Å². The molecule has 1 aromatic heterocycles. The highest BCUT2D eigenvalue weighted by Crippen LogP contribution is 2.32. The van der Waals surface area contributed by atoms with Crippen molar-refractivity contribution < 1.29 is 33.4 Å². The van der Waals surface area contributed by atoms with E-state index in [-0.39, 0.29) is 54.4 Å². The Morgan fingerprint density at radius 2 is 2.18 bits per heavy atom. The molecule has 2 aliphatic heterocycles. The molecule has 202 valence electrons.